The monoisotopic (exact) mass is 368 g/mol. The lowest BCUT2D eigenvalue weighted by Crippen LogP contribution is -2.08. The third-order valence-corrected chi connectivity index (χ3v) is 5.95. The van der Waals surface area contributed by atoms with Crippen LogP contribution in [0.25, 0.3) is 11.0 Å². The van der Waals surface area contributed by atoms with Crippen molar-refractivity contribution in [3.05, 3.63) is 17.1 Å². The lowest BCUT2D eigenvalue weighted by atomic mass is 10.2. The number of ether oxygens (including phenoxy) is 2. The van der Waals surface area contributed by atoms with Gasteiger partial charge in [-0.3, -0.25) is 0 Å². The SMILES string of the molecule is COc1cc2nc(S(=O)(=O)c3nnc(C)s3)c(OC)nc2cc1O. The molecule has 0 bridgehead atoms. The Balaban J connectivity index is 2.28. The number of nitrogens with zero attached hydrogens (tertiary/aromatic N) is 4. The summed E-state index contributed by atoms with van der Waals surface area (Å²) in [4.78, 5) is 8.23. The maximum Gasteiger partial charge on any atom is 0.258 e. The number of benzene rings is 1. The van der Waals surface area contributed by atoms with Gasteiger partial charge in [-0.1, -0.05) is 11.3 Å². The molecule has 1 aromatic carbocycles. The van der Waals surface area contributed by atoms with Crippen molar-refractivity contribution in [3.8, 4) is 17.4 Å². The molecule has 0 saturated carbocycles. The van der Waals surface area contributed by atoms with Crippen LogP contribution in [-0.4, -0.2) is 47.9 Å². The van der Waals surface area contributed by atoms with Crippen molar-refractivity contribution in [2.24, 2.45) is 0 Å². The van der Waals surface area contributed by atoms with E-state index in [-0.39, 0.29) is 37.8 Å². The smallest absolute Gasteiger partial charge is 0.258 e. The summed E-state index contributed by atoms with van der Waals surface area (Å²) in [5, 5.41) is 17.3. The number of phenolic OH excluding ortho intramolecular Hbond substituents is 1. The lowest BCUT2D eigenvalue weighted by molar-refractivity contribution is 0.373. The largest absolute Gasteiger partial charge is 0.504 e. The van der Waals surface area contributed by atoms with Crippen molar-refractivity contribution in [1.82, 2.24) is 20.2 Å². The van der Waals surface area contributed by atoms with Gasteiger partial charge < -0.3 is 14.6 Å². The van der Waals surface area contributed by atoms with E-state index >= 15 is 0 Å². The Morgan fingerprint density at radius 2 is 1.79 bits per heavy atom. The molecule has 0 atom stereocenters. The molecule has 0 saturated heterocycles. The van der Waals surface area contributed by atoms with Gasteiger partial charge in [-0.2, -0.15) is 0 Å². The fourth-order valence-corrected chi connectivity index (χ4v) is 4.33. The normalized spacial score (nSPS) is 11.6. The molecule has 0 spiro atoms. The molecular formula is C13H12N4O5S2. The molecule has 0 amide bonds. The minimum Gasteiger partial charge on any atom is -0.504 e. The Bertz CT molecular complexity index is 1030. The summed E-state index contributed by atoms with van der Waals surface area (Å²) in [7, 11) is -1.38. The maximum absolute atomic E-state index is 12.7. The molecule has 3 rings (SSSR count). The number of hydrogen-bond donors (Lipinski definition) is 1. The number of aromatic hydroxyl groups is 1. The summed E-state index contributed by atoms with van der Waals surface area (Å²) >= 11 is 0.926. The van der Waals surface area contributed by atoms with Crippen molar-refractivity contribution in [1.29, 1.82) is 0 Å². The van der Waals surface area contributed by atoms with E-state index in [2.05, 4.69) is 20.2 Å². The van der Waals surface area contributed by atoms with Crippen molar-refractivity contribution in [2.45, 2.75) is 16.3 Å². The first-order valence-electron chi connectivity index (χ1n) is 6.54. The van der Waals surface area contributed by atoms with Crippen LogP contribution in [0.2, 0.25) is 0 Å². The molecular weight excluding hydrogens is 356 g/mol. The second-order valence-electron chi connectivity index (χ2n) is 4.64. The first-order chi connectivity index (χ1) is 11.4. The maximum atomic E-state index is 12.7. The van der Waals surface area contributed by atoms with E-state index in [1.54, 1.807) is 6.92 Å². The van der Waals surface area contributed by atoms with Gasteiger partial charge in [0, 0.05) is 12.1 Å². The van der Waals surface area contributed by atoms with Crippen LogP contribution < -0.4 is 9.47 Å². The number of rotatable bonds is 4. The quantitative estimate of drug-likeness (QED) is 0.726. The molecule has 0 unspecified atom stereocenters. The summed E-state index contributed by atoms with van der Waals surface area (Å²) in [6.07, 6.45) is 0. The predicted octanol–water partition coefficient (Wildman–Crippen LogP) is 1.35. The number of aryl methyl sites for hydroxylation is 1. The summed E-state index contributed by atoms with van der Waals surface area (Å²) in [6, 6.07) is 2.71. The van der Waals surface area contributed by atoms with Crippen LogP contribution in [0, 0.1) is 6.92 Å². The third-order valence-electron chi connectivity index (χ3n) is 3.09. The Morgan fingerprint density at radius 3 is 2.38 bits per heavy atom. The highest BCUT2D eigenvalue weighted by Gasteiger charge is 2.30. The molecule has 0 aliphatic rings. The molecule has 3 aromatic rings. The van der Waals surface area contributed by atoms with Crippen molar-refractivity contribution in [2.75, 3.05) is 14.2 Å². The van der Waals surface area contributed by atoms with Gasteiger partial charge in [0.1, 0.15) is 5.01 Å². The number of aromatic nitrogens is 4. The molecule has 0 fully saturated rings. The molecule has 0 aliphatic heterocycles. The molecule has 2 aromatic heterocycles. The Kier molecular flexibility index (Phi) is 3.97. The number of sulfone groups is 1. The first kappa shape index (κ1) is 16.3. The van der Waals surface area contributed by atoms with Crippen LogP contribution in [0.1, 0.15) is 5.01 Å². The lowest BCUT2D eigenvalue weighted by Gasteiger charge is -2.09. The van der Waals surface area contributed by atoms with Crippen LogP contribution in [0.5, 0.6) is 17.4 Å². The molecule has 1 N–H and O–H groups in total. The van der Waals surface area contributed by atoms with Crippen LogP contribution >= 0.6 is 11.3 Å². The molecule has 9 nitrogen and oxygen atoms in total. The van der Waals surface area contributed by atoms with Crippen molar-refractivity contribution >= 4 is 32.2 Å². The van der Waals surface area contributed by atoms with E-state index in [1.165, 1.54) is 26.4 Å². The van der Waals surface area contributed by atoms with E-state index in [0.717, 1.165) is 11.3 Å². The van der Waals surface area contributed by atoms with E-state index in [1.807, 2.05) is 0 Å². The molecule has 11 heteroatoms. The molecule has 0 radical (unpaired) electrons. The third kappa shape index (κ3) is 2.61. The van der Waals surface area contributed by atoms with E-state index in [4.69, 9.17) is 9.47 Å². The zero-order chi connectivity index (χ0) is 17.5. The standard InChI is InChI=1S/C13H12N4O5S2/c1-6-16-17-13(23-6)24(19,20)12-11(22-3)14-7-4-9(18)10(21-2)5-8(7)15-12/h4-5,18H,1-3H3. The van der Waals surface area contributed by atoms with Gasteiger partial charge in [-0.05, 0) is 6.92 Å². The number of hydrogen-bond acceptors (Lipinski definition) is 10. The predicted molar refractivity (Wildman–Crippen MR) is 84.4 cm³/mol. The van der Waals surface area contributed by atoms with Gasteiger partial charge in [0.25, 0.3) is 15.7 Å². The summed E-state index contributed by atoms with van der Waals surface area (Å²) in [5.41, 5.74) is 0.489. The number of phenols is 1. The molecule has 2 heterocycles. The fourth-order valence-electron chi connectivity index (χ4n) is 1.98. The second kappa shape index (κ2) is 5.83. The Morgan fingerprint density at radius 1 is 1.08 bits per heavy atom. The zero-order valence-corrected chi connectivity index (χ0v) is 14.5. The first-order valence-corrected chi connectivity index (χ1v) is 8.84. The zero-order valence-electron chi connectivity index (χ0n) is 12.8. The minimum absolute atomic E-state index is 0.142. The van der Waals surface area contributed by atoms with Crippen molar-refractivity contribution in [3.63, 3.8) is 0 Å². The van der Waals surface area contributed by atoms with Crippen molar-refractivity contribution < 1.29 is 23.0 Å². The summed E-state index contributed by atoms with van der Waals surface area (Å²) < 4.78 is 35.3. The van der Waals surface area contributed by atoms with Gasteiger partial charge in [0.2, 0.25) is 9.37 Å². The van der Waals surface area contributed by atoms with E-state index < -0.39 is 9.84 Å². The average molecular weight is 368 g/mol. The summed E-state index contributed by atoms with van der Waals surface area (Å²) in [5.74, 6) is -0.186. The topological polar surface area (TPSA) is 124 Å². The Hall–Kier alpha value is -2.53. The van der Waals surface area contributed by atoms with E-state index in [0.29, 0.717) is 5.01 Å². The Labute approximate surface area is 140 Å². The van der Waals surface area contributed by atoms with E-state index in [9.17, 15) is 13.5 Å². The number of methoxy groups -OCH3 is 2. The van der Waals surface area contributed by atoms with Crippen LogP contribution in [0.15, 0.2) is 21.5 Å². The highest BCUT2D eigenvalue weighted by Crippen LogP contribution is 2.34. The second-order valence-corrected chi connectivity index (χ2v) is 7.86. The fraction of sp³-hybridized carbons (Fsp3) is 0.231. The van der Waals surface area contributed by atoms with Gasteiger partial charge >= 0.3 is 0 Å². The van der Waals surface area contributed by atoms with Crippen LogP contribution in [0.3, 0.4) is 0 Å². The van der Waals surface area contributed by atoms with Gasteiger partial charge in [0.15, 0.2) is 11.5 Å². The highest BCUT2D eigenvalue weighted by atomic mass is 32.2. The number of fused-ring (bicyclic) bond motifs is 1. The van der Waals surface area contributed by atoms with Crippen LogP contribution in [0.4, 0.5) is 0 Å². The van der Waals surface area contributed by atoms with Gasteiger partial charge in [-0.15, -0.1) is 10.2 Å². The molecule has 126 valence electrons. The minimum atomic E-state index is -4.04. The highest BCUT2D eigenvalue weighted by molar-refractivity contribution is 7.93. The average Bonchev–Trinajstić information content (AvgIpc) is 3.00. The van der Waals surface area contributed by atoms with Gasteiger partial charge in [-0.25, -0.2) is 18.4 Å². The summed E-state index contributed by atoms with van der Waals surface area (Å²) in [6.45, 7) is 1.65. The van der Waals surface area contributed by atoms with Gasteiger partial charge in [0.05, 0.1) is 25.3 Å². The molecule has 24 heavy (non-hydrogen) atoms. The molecule has 0 aliphatic carbocycles. The van der Waals surface area contributed by atoms with Crippen LogP contribution in [-0.2, 0) is 9.84 Å².